The van der Waals surface area contributed by atoms with Gasteiger partial charge in [-0.2, -0.15) is 8.78 Å². The van der Waals surface area contributed by atoms with E-state index >= 15 is 0 Å². The van der Waals surface area contributed by atoms with Gasteiger partial charge in [-0.05, 0) is 12.1 Å². The summed E-state index contributed by atoms with van der Waals surface area (Å²) >= 11 is 5.36. The summed E-state index contributed by atoms with van der Waals surface area (Å²) in [6, 6.07) is 2.27. The minimum absolute atomic E-state index is 0.0138. The van der Waals surface area contributed by atoms with Gasteiger partial charge in [0.05, 0.1) is 11.6 Å². The Bertz CT molecular complexity index is 295. The van der Waals surface area contributed by atoms with Crippen LogP contribution in [0.3, 0.4) is 0 Å². The maximum atomic E-state index is 12.7. The van der Waals surface area contributed by atoms with E-state index in [1.54, 1.807) is 0 Å². The van der Waals surface area contributed by atoms with Gasteiger partial charge in [0.15, 0.2) is 5.82 Å². The van der Waals surface area contributed by atoms with Crippen LogP contribution < -0.4 is 4.74 Å². The van der Waals surface area contributed by atoms with Crippen molar-refractivity contribution in [3.8, 4) is 5.88 Å². The van der Waals surface area contributed by atoms with Crippen LogP contribution in [0.4, 0.5) is 13.2 Å². The van der Waals surface area contributed by atoms with Crippen LogP contribution in [0.5, 0.6) is 5.88 Å². The van der Waals surface area contributed by atoms with Gasteiger partial charge in [-0.1, -0.05) is 0 Å². The second kappa shape index (κ2) is 4.32. The summed E-state index contributed by atoms with van der Waals surface area (Å²) in [5.41, 5.74) is 0.277. The van der Waals surface area contributed by atoms with Gasteiger partial charge in [0, 0.05) is 0 Å². The van der Waals surface area contributed by atoms with Crippen LogP contribution in [0.1, 0.15) is 5.69 Å². The standard InChI is InChI=1S/C7H5ClF3NO/c8-3-4-1-2-5(9)6(12-4)13-7(10)11/h1-2,7H,3H2. The number of pyridine rings is 1. The highest BCUT2D eigenvalue weighted by Crippen LogP contribution is 2.17. The van der Waals surface area contributed by atoms with Crippen LogP contribution in [-0.2, 0) is 5.88 Å². The molecule has 2 nitrogen and oxygen atoms in total. The summed E-state index contributed by atoms with van der Waals surface area (Å²) in [4.78, 5) is 3.42. The van der Waals surface area contributed by atoms with Crippen LogP contribution in [0, 0.1) is 5.82 Å². The van der Waals surface area contributed by atoms with E-state index in [4.69, 9.17) is 11.6 Å². The molecule has 72 valence electrons. The number of hydrogen-bond acceptors (Lipinski definition) is 2. The minimum atomic E-state index is -3.09. The van der Waals surface area contributed by atoms with Gasteiger partial charge in [0.25, 0.3) is 5.88 Å². The lowest BCUT2D eigenvalue weighted by molar-refractivity contribution is -0.0554. The molecule has 0 aliphatic heterocycles. The quantitative estimate of drug-likeness (QED) is 0.717. The molecule has 0 radical (unpaired) electrons. The fraction of sp³-hybridized carbons (Fsp3) is 0.286. The maximum absolute atomic E-state index is 12.7. The first-order chi connectivity index (χ1) is 6.13. The van der Waals surface area contributed by atoms with Crippen molar-refractivity contribution >= 4 is 11.6 Å². The molecule has 1 heterocycles. The topological polar surface area (TPSA) is 22.1 Å². The van der Waals surface area contributed by atoms with Gasteiger partial charge < -0.3 is 4.74 Å². The first kappa shape index (κ1) is 10.1. The zero-order valence-corrected chi connectivity index (χ0v) is 7.06. The molecule has 1 rings (SSSR count). The predicted octanol–water partition coefficient (Wildman–Crippen LogP) is 2.56. The van der Waals surface area contributed by atoms with Gasteiger partial charge in [-0.3, -0.25) is 0 Å². The van der Waals surface area contributed by atoms with Crippen LogP contribution in [-0.4, -0.2) is 11.6 Å². The van der Waals surface area contributed by atoms with E-state index in [1.807, 2.05) is 0 Å². The Balaban J connectivity index is 2.90. The summed E-state index contributed by atoms with van der Waals surface area (Å²) in [5.74, 6) is -1.65. The molecule has 0 unspecified atom stereocenters. The van der Waals surface area contributed by atoms with Crippen molar-refractivity contribution in [2.45, 2.75) is 12.5 Å². The molecule has 0 saturated carbocycles. The molecule has 1 aromatic rings. The molecule has 0 amide bonds. The van der Waals surface area contributed by atoms with Crippen molar-refractivity contribution in [1.82, 2.24) is 4.98 Å². The summed E-state index contributed by atoms with van der Waals surface area (Å²) in [7, 11) is 0. The normalized spacial score (nSPS) is 10.5. The number of ether oxygens (including phenoxy) is 1. The highest BCUT2D eigenvalue weighted by Gasteiger charge is 2.11. The zero-order chi connectivity index (χ0) is 9.84. The third-order valence-corrected chi connectivity index (χ3v) is 1.48. The van der Waals surface area contributed by atoms with E-state index in [0.29, 0.717) is 0 Å². The monoisotopic (exact) mass is 211 g/mol. The first-order valence-corrected chi connectivity index (χ1v) is 3.83. The van der Waals surface area contributed by atoms with Gasteiger partial charge in [-0.25, -0.2) is 9.37 Å². The molecule has 0 N–H and O–H groups in total. The lowest BCUT2D eigenvalue weighted by atomic mass is 10.4. The predicted molar refractivity (Wildman–Crippen MR) is 40.4 cm³/mol. The van der Waals surface area contributed by atoms with E-state index in [2.05, 4.69) is 9.72 Å². The van der Waals surface area contributed by atoms with E-state index < -0.39 is 18.3 Å². The Morgan fingerprint density at radius 1 is 1.46 bits per heavy atom. The fourth-order valence-electron chi connectivity index (χ4n) is 0.703. The van der Waals surface area contributed by atoms with E-state index in [0.717, 1.165) is 6.07 Å². The molecule has 13 heavy (non-hydrogen) atoms. The van der Waals surface area contributed by atoms with Crippen molar-refractivity contribution in [3.63, 3.8) is 0 Å². The molecular weight excluding hydrogens is 207 g/mol. The molecule has 0 aliphatic carbocycles. The van der Waals surface area contributed by atoms with Crippen LogP contribution >= 0.6 is 11.6 Å². The number of aromatic nitrogens is 1. The Morgan fingerprint density at radius 3 is 2.69 bits per heavy atom. The fourth-order valence-corrected chi connectivity index (χ4v) is 0.852. The summed E-state index contributed by atoms with van der Waals surface area (Å²) in [6.07, 6.45) is 0. The summed E-state index contributed by atoms with van der Waals surface area (Å²) in [5, 5.41) is 0. The average molecular weight is 212 g/mol. The molecule has 0 aliphatic rings. The third kappa shape index (κ3) is 2.77. The van der Waals surface area contributed by atoms with Crippen LogP contribution in [0.15, 0.2) is 12.1 Å². The van der Waals surface area contributed by atoms with Gasteiger partial charge in [-0.15, -0.1) is 11.6 Å². The SMILES string of the molecule is Fc1ccc(CCl)nc1OC(F)F. The Hall–Kier alpha value is -0.970. The number of nitrogens with zero attached hydrogens (tertiary/aromatic N) is 1. The molecule has 0 fully saturated rings. The molecule has 0 saturated heterocycles. The lowest BCUT2D eigenvalue weighted by Gasteiger charge is -2.04. The van der Waals surface area contributed by atoms with Gasteiger partial charge in [0.1, 0.15) is 0 Å². The van der Waals surface area contributed by atoms with Crippen molar-refractivity contribution < 1.29 is 17.9 Å². The maximum Gasteiger partial charge on any atom is 0.388 e. The zero-order valence-electron chi connectivity index (χ0n) is 6.31. The van der Waals surface area contributed by atoms with Gasteiger partial charge in [0.2, 0.25) is 0 Å². The van der Waals surface area contributed by atoms with Crippen molar-refractivity contribution in [2.24, 2.45) is 0 Å². The van der Waals surface area contributed by atoms with Gasteiger partial charge >= 0.3 is 6.61 Å². The third-order valence-electron chi connectivity index (χ3n) is 1.21. The number of rotatable bonds is 3. The van der Waals surface area contributed by atoms with E-state index in [1.165, 1.54) is 6.07 Å². The molecule has 6 heteroatoms. The molecule has 0 aromatic carbocycles. The molecule has 1 aromatic heterocycles. The highest BCUT2D eigenvalue weighted by atomic mass is 35.5. The second-order valence-corrected chi connectivity index (χ2v) is 2.37. The Morgan fingerprint density at radius 2 is 2.15 bits per heavy atom. The summed E-state index contributed by atoms with van der Waals surface area (Å²) < 4.78 is 39.9. The Labute approximate surface area is 77.3 Å². The molecule has 0 spiro atoms. The van der Waals surface area contributed by atoms with Crippen LogP contribution in [0.2, 0.25) is 0 Å². The van der Waals surface area contributed by atoms with Crippen molar-refractivity contribution in [1.29, 1.82) is 0 Å². The largest absolute Gasteiger partial charge is 0.414 e. The van der Waals surface area contributed by atoms with E-state index in [9.17, 15) is 13.2 Å². The van der Waals surface area contributed by atoms with Crippen molar-refractivity contribution in [3.05, 3.63) is 23.6 Å². The first-order valence-electron chi connectivity index (χ1n) is 3.29. The minimum Gasteiger partial charge on any atom is -0.414 e. The highest BCUT2D eigenvalue weighted by molar-refractivity contribution is 6.16. The van der Waals surface area contributed by atoms with Crippen molar-refractivity contribution in [2.75, 3.05) is 0 Å². The lowest BCUT2D eigenvalue weighted by Crippen LogP contribution is -2.06. The van der Waals surface area contributed by atoms with E-state index in [-0.39, 0.29) is 11.6 Å². The number of hydrogen-bond donors (Lipinski definition) is 0. The smallest absolute Gasteiger partial charge is 0.388 e. The number of halogens is 4. The summed E-state index contributed by atoms with van der Waals surface area (Å²) in [6.45, 7) is -3.09. The second-order valence-electron chi connectivity index (χ2n) is 2.10. The Kier molecular flexibility index (Phi) is 3.36. The van der Waals surface area contributed by atoms with Crippen LogP contribution in [0.25, 0.3) is 0 Å². The number of alkyl halides is 3. The molecular formula is C7H5ClF3NO. The molecule has 0 atom stereocenters. The average Bonchev–Trinajstić information content (AvgIpc) is 2.08. The molecule has 0 bridgehead atoms.